The van der Waals surface area contributed by atoms with Gasteiger partial charge in [-0.3, -0.25) is 0 Å². The Labute approximate surface area is 99.3 Å². The Kier molecular flexibility index (Phi) is 3.08. The van der Waals surface area contributed by atoms with E-state index in [9.17, 15) is 17.6 Å². The molecule has 18 heavy (non-hydrogen) atoms. The number of aliphatic hydroxyl groups is 1. The molecule has 2 rings (SSSR count). The normalized spacial score (nSPS) is 11.8. The Morgan fingerprint density at radius 2 is 1.94 bits per heavy atom. The maximum Gasteiger partial charge on any atom is 0.416 e. The summed E-state index contributed by atoms with van der Waals surface area (Å²) in [6.45, 7) is -0.449. The van der Waals surface area contributed by atoms with Crippen molar-refractivity contribution in [3.05, 3.63) is 47.5 Å². The van der Waals surface area contributed by atoms with Crippen LogP contribution >= 0.6 is 0 Å². The molecule has 0 bridgehead atoms. The molecule has 0 aliphatic heterocycles. The van der Waals surface area contributed by atoms with Crippen LogP contribution in [0.3, 0.4) is 0 Å². The first-order valence-electron chi connectivity index (χ1n) is 4.94. The van der Waals surface area contributed by atoms with E-state index in [1.807, 2.05) is 0 Å². The summed E-state index contributed by atoms with van der Waals surface area (Å²) in [5.41, 5.74) is -1.12. The van der Waals surface area contributed by atoms with Gasteiger partial charge >= 0.3 is 6.18 Å². The van der Waals surface area contributed by atoms with E-state index >= 15 is 0 Å². The number of hydrogen-bond donors (Lipinski definition) is 1. The van der Waals surface area contributed by atoms with Crippen LogP contribution in [0.5, 0.6) is 0 Å². The molecule has 0 radical (unpaired) electrons. The van der Waals surface area contributed by atoms with Crippen molar-refractivity contribution in [2.24, 2.45) is 0 Å². The zero-order chi connectivity index (χ0) is 13.3. The highest BCUT2D eigenvalue weighted by molar-refractivity contribution is 5.39. The van der Waals surface area contributed by atoms with Crippen molar-refractivity contribution in [2.75, 3.05) is 0 Å². The SMILES string of the molecule is OCc1ccnn1-c1cc(C(F)(F)F)ccc1F. The molecule has 0 atom stereocenters. The molecule has 0 unspecified atom stereocenters. The maximum atomic E-state index is 13.5. The topological polar surface area (TPSA) is 38.1 Å². The molecule has 1 heterocycles. The molecule has 0 fully saturated rings. The Hall–Kier alpha value is -1.89. The first-order valence-corrected chi connectivity index (χ1v) is 4.94. The van der Waals surface area contributed by atoms with Gasteiger partial charge in [0, 0.05) is 6.20 Å². The minimum atomic E-state index is -4.56. The van der Waals surface area contributed by atoms with Gasteiger partial charge in [0.05, 0.1) is 17.9 Å². The van der Waals surface area contributed by atoms with Crippen LogP contribution in [-0.4, -0.2) is 14.9 Å². The van der Waals surface area contributed by atoms with Crippen molar-refractivity contribution in [1.82, 2.24) is 9.78 Å². The van der Waals surface area contributed by atoms with Gasteiger partial charge in [-0.2, -0.15) is 18.3 Å². The molecule has 0 aliphatic rings. The third kappa shape index (κ3) is 2.21. The van der Waals surface area contributed by atoms with Gasteiger partial charge in [-0.1, -0.05) is 0 Å². The van der Waals surface area contributed by atoms with Crippen LogP contribution in [-0.2, 0) is 12.8 Å². The summed E-state index contributed by atoms with van der Waals surface area (Å²) in [5.74, 6) is -0.846. The maximum absolute atomic E-state index is 13.5. The lowest BCUT2D eigenvalue weighted by Gasteiger charge is -2.11. The predicted molar refractivity (Wildman–Crippen MR) is 54.4 cm³/mol. The van der Waals surface area contributed by atoms with Gasteiger partial charge in [0.1, 0.15) is 11.5 Å². The molecule has 0 amide bonds. The van der Waals surface area contributed by atoms with E-state index in [4.69, 9.17) is 5.11 Å². The van der Waals surface area contributed by atoms with Gasteiger partial charge in [0.15, 0.2) is 0 Å². The third-order valence-corrected chi connectivity index (χ3v) is 2.38. The Bertz CT molecular complexity index is 562. The van der Waals surface area contributed by atoms with Gasteiger partial charge in [-0.05, 0) is 24.3 Å². The number of alkyl halides is 3. The lowest BCUT2D eigenvalue weighted by Crippen LogP contribution is -2.09. The minimum absolute atomic E-state index is 0.202. The summed E-state index contributed by atoms with van der Waals surface area (Å²) in [4.78, 5) is 0. The first-order chi connectivity index (χ1) is 8.43. The monoisotopic (exact) mass is 260 g/mol. The number of aliphatic hydroxyl groups excluding tert-OH is 1. The highest BCUT2D eigenvalue weighted by Crippen LogP contribution is 2.31. The summed E-state index contributed by atoms with van der Waals surface area (Å²) in [6.07, 6.45) is -3.29. The van der Waals surface area contributed by atoms with E-state index in [1.165, 1.54) is 12.3 Å². The van der Waals surface area contributed by atoms with Crippen LogP contribution in [0.15, 0.2) is 30.5 Å². The number of rotatable bonds is 2. The second kappa shape index (κ2) is 4.41. The second-order valence-corrected chi connectivity index (χ2v) is 3.56. The molecule has 1 aromatic heterocycles. The summed E-state index contributed by atoms with van der Waals surface area (Å²) in [5, 5.41) is 12.7. The van der Waals surface area contributed by atoms with Crippen molar-refractivity contribution < 1.29 is 22.7 Å². The van der Waals surface area contributed by atoms with E-state index in [0.717, 1.165) is 10.7 Å². The van der Waals surface area contributed by atoms with Crippen molar-refractivity contribution in [2.45, 2.75) is 12.8 Å². The highest BCUT2D eigenvalue weighted by Gasteiger charge is 2.31. The highest BCUT2D eigenvalue weighted by atomic mass is 19.4. The molecule has 0 saturated carbocycles. The molecule has 7 heteroatoms. The van der Waals surface area contributed by atoms with Crippen molar-refractivity contribution in [1.29, 1.82) is 0 Å². The molecule has 1 N–H and O–H groups in total. The number of halogens is 4. The van der Waals surface area contributed by atoms with Crippen LogP contribution in [0.4, 0.5) is 17.6 Å². The van der Waals surface area contributed by atoms with Crippen LogP contribution < -0.4 is 0 Å². The molecule has 1 aromatic carbocycles. The molecule has 96 valence electrons. The molecular weight excluding hydrogens is 252 g/mol. The Balaban J connectivity index is 2.57. The van der Waals surface area contributed by atoms with Crippen LogP contribution in [0.25, 0.3) is 5.69 Å². The fraction of sp³-hybridized carbons (Fsp3) is 0.182. The standard InChI is InChI=1S/C11H8F4N2O/c12-9-2-1-7(11(13,14)15)5-10(9)17-8(6-18)3-4-16-17/h1-5,18H,6H2. The van der Waals surface area contributed by atoms with Gasteiger partial charge < -0.3 is 5.11 Å². The van der Waals surface area contributed by atoms with Crippen LogP contribution in [0.1, 0.15) is 11.3 Å². The zero-order valence-electron chi connectivity index (χ0n) is 8.95. The molecule has 3 nitrogen and oxygen atoms in total. The van der Waals surface area contributed by atoms with Crippen molar-refractivity contribution in [3.8, 4) is 5.69 Å². The fourth-order valence-corrected chi connectivity index (χ4v) is 1.52. The van der Waals surface area contributed by atoms with Gasteiger partial charge in [0.2, 0.25) is 0 Å². The van der Waals surface area contributed by atoms with Crippen molar-refractivity contribution >= 4 is 0 Å². The first kappa shape index (κ1) is 12.6. The van der Waals surface area contributed by atoms with E-state index in [-0.39, 0.29) is 11.4 Å². The predicted octanol–water partition coefficient (Wildman–Crippen LogP) is 2.52. The number of benzene rings is 1. The van der Waals surface area contributed by atoms with E-state index in [2.05, 4.69) is 5.10 Å². The molecule has 0 spiro atoms. The Morgan fingerprint density at radius 1 is 1.22 bits per heavy atom. The van der Waals surface area contributed by atoms with Crippen LogP contribution in [0.2, 0.25) is 0 Å². The number of aromatic nitrogens is 2. The van der Waals surface area contributed by atoms with Crippen LogP contribution in [0, 0.1) is 5.82 Å². The van der Waals surface area contributed by atoms with Gasteiger partial charge in [0.25, 0.3) is 0 Å². The van der Waals surface area contributed by atoms with E-state index < -0.39 is 24.2 Å². The average molecular weight is 260 g/mol. The molecule has 2 aromatic rings. The van der Waals surface area contributed by atoms with Gasteiger partial charge in [-0.15, -0.1) is 0 Å². The summed E-state index contributed by atoms with van der Waals surface area (Å²) in [6, 6.07) is 3.42. The average Bonchev–Trinajstić information content (AvgIpc) is 2.76. The second-order valence-electron chi connectivity index (χ2n) is 3.56. The smallest absolute Gasteiger partial charge is 0.390 e. The summed E-state index contributed by atoms with van der Waals surface area (Å²) in [7, 11) is 0. The fourth-order valence-electron chi connectivity index (χ4n) is 1.52. The summed E-state index contributed by atoms with van der Waals surface area (Å²) >= 11 is 0. The number of nitrogens with zero attached hydrogens (tertiary/aromatic N) is 2. The summed E-state index contributed by atoms with van der Waals surface area (Å²) < 4.78 is 52.0. The largest absolute Gasteiger partial charge is 0.416 e. The molecular formula is C11H8F4N2O. The third-order valence-electron chi connectivity index (χ3n) is 2.38. The lowest BCUT2D eigenvalue weighted by molar-refractivity contribution is -0.137. The quantitative estimate of drug-likeness (QED) is 0.842. The Morgan fingerprint density at radius 3 is 2.56 bits per heavy atom. The van der Waals surface area contributed by atoms with E-state index in [0.29, 0.717) is 12.1 Å². The molecule has 0 saturated heterocycles. The van der Waals surface area contributed by atoms with Gasteiger partial charge in [-0.25, -0.2) is 9.07 Å². The zero-order valence-corrected chi connectivity index (χ0v) is 8.95. The van der Waals surface area contributed by atoms with Crippen molar-refractivity contribution in [3.63, 3.8) is 0 Å². The minimum Gasteiger partial charge on any atom is -0.390 e. The number of hydrogen-bond acceptors (Lipinski definition) is 2. The van der Waals surface area contributed by atoms with E-state index in [1.54, 1.807) is 0 Å². The lowest BCUT2D eigenvalue weighted by atomic mass is 10.2. The molecule has 0 aliphatic carbocycles.